The number of ketones is 1. The number of benzene rings is 1. The Labute approximate surface area is 164 Å². The molecule has 5 heteroatoms. The van der Waals surface area contributed by atoms with Gasteiger partial charge in [-0.2, -0.15) is 5.10 Å². The summed E-state index contributed by atoms with van der Waals surface area (Å²) in [7, 11) is 1.97. The van der Waals surface area contributed by atoms with Gasteiger partial charge in [-0.15, -0.1) is 11.3 Å². The molecule has 1 fully saturated rings. The van der Waals surface area contributed by atoms with Crippen molar-refractivity contribution in [2.45, 2.75) is 26.3 Å². The Balaban J connectivity index is 1.51. The Kier molecular flexibility index (Phi) is 5.23. The zero-order valence-corrected chi connectivity index (χ0v) is 16.7. The third-order valence-corrected chi connectivity index (χ3v) is 6.34. The van der Waals surface area contributed by atoms with Crippen molar-refractivity contribution < 1.29 is 4.79 Å². The summed E-state index contributed by atoms with van der Waals surface area (Å²) in [5.74, 6) is 0.426. The first-order chi connectivity index (χ1) is 13.1. The molecule has 0 N–H and O–H groups in total. The van der Waals surface area contributed by atoms with E-state index in [1.165, 1.54) is 5.56 Å². The zero-order chi connectivity index (χ0) is 18.8. The maximum absolute atomic E-state index is 12.9. The molecule has 3 heterocycles. The number of aryl methyl sites for hydroxylation is 2. The molecule has 1 aliphatic heterocycles. The van der Waals surface area contributed by atoms with Crippen LogP contribution in [0.25, 0.3) is 11.3 Å². The molecular weight excluding hydrogens is 354 g/mol. The number of thiophene rings is 1. The summed E-state index contributed by atoms with van der Waals surface area (Å²) in [6, 6.07) is 12.4. The Bertz CT molecular complexity index is 928. The molecule has 1 aromatic carbocycles. The summed E-state index contributed by atoms with van der Waals surface area (Å²) in [4.78, 5) is 16.3. The molecule has 0 bridgehead atoms. The van der Waals surface area contributed by atoms with Crippen molar-refractivity contribution in [2.75, 3.05) is 13.1 Å². The summed E-state index contributed by atoms with van der Waals surface area (Å²) in [5, 5.41) is 6.70. The minimum atomic E-state index is 0.105. The SMILES string of the molecule is Cc1ccsc1C(=O)[C@H]1CCCN(Cc2cn(C)nc2-c2ccccc2)C1. The van der Waals surface area contributed by atoms with Crippen molar-refractivity contribution in [1.82, 2.24) is 14.7 Å². The third kappa shape index (κ3) is 3.89. The molecule has 4 nitrogen and oxygen atoms in total. The van der Waals surface area contributed by atoms with Crippen molar-refractivity contribution in [3.63, 3.8) is 0 Å². The normalized spacial score (nSPS) is 17.9. The minimum absolute atomic E-state index is 0.105. The molecule has 0 amide bonds. The predicted octanol–water partition coefficient (Wildman–Crippen LogP) is 4.55. The summed E-state index contributed by atoms with van der Waals surface area (Å²) in [5.41, 5.74) is 4.53. The fourth-order valence-corrected chi connectivity index (χ4v) is 4.90. The molecule has 140 valence electrons. The average molecular weight is 380 g/mol. The van der Waals surface area contributed by atoms with Gasteiger partial charge < -0.3 is 0 Å². The summed E-state index contributed by atoms with van der Waals surface area (Å²) in [6.45, 7) is 4.74. The van der Waals surface area contributed by atoms with Gasteiger partial charge in [-0.25, -0.2) is 0 Å². The topological polar surface area (TPSA) is 38.1 Å². The summed E-state index contributed by atoms with van der Waals surface area (Å²) < 4.78 is 1.89. The highest BCUT2D eigenvalue weighted by Gasteiger charge is 2.28. The van der Waals surface area contributed by atoms with E-state index < -0.39 is 0 Å². The number of nitrogens with zero attached hydrogens (tertiary/aromatic N) is 3. The number of carbonyl (C=O) groups excluding carboxylic acids is 1. The molecule has 1 atom stereocenters. The highest BCUT2D eigenvalue weighted by molar-refractivity contribution is 7.12. The van der Waals surface area contributed by atoms with Gasteiger partial charge in [-0.1, -0.05) is 30.3 Å². The number of aromatic nitrogens is 2. The van der Waals surface area contributed by atoms with Crippen molar-refractivity contribution in [2.24, 2.45) is 13.0 Å². The molecule has 3 aromatic rings. The summed E-state index contributed by atoms with van der Waals surface area (Å²) in [6.07, 6.45) is 4.17. The van der Waals surface area contributed by atoms with Gasteiger partial charge in [0.2, 0.25) is 0 Å². The van der Waals surface area contributed by atoms with Crippen LogP contribution in [0.1, 0.15) is 33.6 Å². The van der Waals surface area contributed by atoms with Crippen molar-refractivity contribution >= 4 is 17.1 Å². The van der Waals surface area contributed by atoms with Crippen LogP contribution in [-0.4, -0.2) is 33.6 Å². The molecule has 4 rings (SSSR count). The Morgan fingerprint density at radius 1 is 1.26 bits per heavy atom. The minimum Gasteiger partial charge on any atom is -0.298 e. The molecule has 0 unspecified atom stereocenters. The van der Waals surface area contributed by atoms with Gasteiger partial charge in [0, 0.05) is 43.4 Å². The molecule has 0 spiro atoms. The lowest BCUT2D eigenvalue weighted by molar-refractivity contribution is 0.0815. The third-order valence-electron chi connectivity index (χ3n) is 5.31. The van der Waals surface area contributed by atoms with Crippen molar-refractivity contribution in [3.8, 4) is 11.3 Å². The Morgan fingerprint density at radius 3 is 2.81 bits per heavy atom. The van der Waals surface area contributed by atoms with E-state index in [1.54, 1.807) is 11.3 Å². The number of rotatable bonds is 5. The van der Waals surface area contributed by atoms with E-state index in [4.69, 9.17) is 0 Å². The monoisotopic (exact) mass is 379 g/mol. The second-order valence-electron chi connectivity index (χ2n) is 7.41. The first-order valence-electron chi connectivity index (χ1n) is 9.50. The van der Waals surface area contributed by atoms with Crippen LogP contribution < -0.4 is 0 Å². The maximum Gasteiger partial charge on any atom is 0.177 e. The van der Waals surface area contributed by atoms with Gasteiger partial charge in [0.15, 0.2) is 5.78 Å². The van der Waals surface area contributed by atoms with Crippen LogP contribution in [0.4, 0.5) is 0 Å². The van der Waals surface area contributed by atoms with Gasteiger partial charge in [0.05, 0.1) is 10.6 Å². The number of piperidine rings is 1. The van der Waals surface area contributed by atoms with Crippen molar-refractivity contribution in [3.05, 3.63) is 64.0 Å². The highest BCUT2D eigenvalue weighted by atomic mass is 32.1. The van der Waals surface area contributed by atoms with E-state index in [0.29, 0.717) is 5.78 Å². The zero-order valence-electron chi connectivity index (χ0n) is 15.9. The van der Waals surface area contributed by atoms with Crippen LogP contribution in [0, 0.1) is 12.8 Å². The van der Waals surface area contributed by atoms with Crippen LogP contribution in [-0.2, 0) is 13.6 Å². The molecule has 1 saturated heterocycles. The van der Waals surface area contributed by atoms with Gasteiger partial charge in [0.25, 0.3) is 0 Å². The second kappa shape index (κ2) is 7.79. The van der Waals surface area contributed by atoms with Crippen LogP contribution in [0.5, 0.6) is 0 Å². The van der Waals surface area contributed by atoms with Gasteiger partial charge in [-0.05, 0) is 43.3 Å². The van der Waals surface area contributed by atoms with E-state index in [9.17, 15) is 4.79 Å². The van der Waals surface area contributed by atoms with E-state index in [1.807, 2.05) is 48.3 Å². The summed E-state index contributed by atoms with van der Waals surface area (Å²) >= 11 is 1.58. The quantitative estimate of drug-likeness (QED) is 0.610. The lowest BCUT2D eigenvalue weighted by Gasteiger charge is -2.31. The average Bonchev–Trinajstić information content (AvgIpc) is 3.27. The van der Waals surface area contributed by atoms with Crippen LogP contribution in [0.2, 0.25) is 0 Å². The number of hydrogen-bond donors (Lipinski definition) is 0. The molecule has 0 saturated carbocycles. The number of hydrogen-bond acceptors (Lipinski definition) is 4. The molecule has 0 aliphatic carbocycles. The molecule has 2 aromatic heterocycles. The number of carbonyl (C=O) groups is 1. The van der Waals surface area contributed by atoms with Gasteiger partial charge in [-0.3, -0.25) is 14.4 Å². The molecular formula is C22H25N3OS. The number of Topliss-reactive ketones (excluding diaryl/α,β-unsaturated/α-hetero) is 1. The lowest BCUT2D eigenvalue weighted by atomic mass is 9.91. The van der Waals surface area contributed by atoms with E-state index in [0.717, 1.165) is 54.2 Å². The molecule has 0 radical (unpaired) electrons. The smallest absolute Gasteiger partial charge is 0.177 e. The van der Waals surface area contributed by atoms with Crippen molar-refractivity contribution in [1.29, 1.82) is 0 Å². The van der Waals surface area contributed by atoms with Gasteiger partial charge in [0.1, 0.15) is 0 Å². The van der Waals surface area contributed by atoms with Crippen LogP contribution in [0.15, 0.2) is 48.0 Å². The first kappa shape index (κ1) is 18.1. The van der Waals surface area contributed by atoms with E-state index >= 15 is 0 Å². The predicted molar refractivity (Wildman–Crippen MR) is 110 cm³/mol. The standard InChI is InChI=1S/C22H25N3OS/c1-16-10-12-27-22(16)21(26)18-9-6-11-25(14-18)15-19-13-24(2)23-20(19)17-7-4-3-5-8-17/h3-5,7-8,10,12-13,18H,6,9,11,14-15H2,1-2H3/t18-/m0/s1. The molecule has 27 heavy (non-hydrogen) atoms. The van der Waals surface area contributed by atoms with E-state index in [2.05, 4.69) is 28.3 Å². The molecule has 1 aliphatic rings. The highest BCUT2D eigenvalue weighted by Crippen LogP contribution is 2.28. The maximum atomic E-state index is 12.9. The lowest BCUT2D eigenvalue weighted by Crippen LogP contribution is -2.38. The first-order valence-corrected chi connectivity index (χ1v) is 10.4. The Morgan fingerprint density at radius 2 is 2.07 bits per heavy atom. The number of likely N-dealkylation sites (tertiary alicyclic amines) is 1. The van der Waals surface area contributed by atoms with Gasteiger partial charge >= 0.3 is 0 Å². The second-order valence-corrected chi connectivity index (χ2v) is 8.33. The van der Waals surface area contributed by atoms with Crippen LogP contribution >= 0.6 is 11.3 Å². The Hall–Kier alpha value is -2.24. The largest absolute Gasteiger partial charge is 0.298 e. The fraction of sp³-hybridized carbons (Fsp3) is 0.364. The van der Waals surface area contributed by atoms with Crippen LogP contribution in [0.3, 0.4) is 0 Å². The van der Waals surface area contributed by atoms with E-state index in [-0.39, 0.29) is 5.92 Å². The fourth-order valence-electron chi connectivity index (χ4n) is 3.96.